The summed E-state index contributed by atoms with van der Waals surface area (Å²) in [5.41, 5.74) is -0.267. The van der Waals surface area contributed by atoms with Crippen LogP contribution in [0.3, 0.4) is 0 Å². The number of carbonyl (C=O) groups is 3. The number of nitrogens with one attached hydrogen (secondary N) is 1. The van der Waals surface area contributed by atoms with Crippen LogP contribution in [0.4, 0.5) is 0 Å². The van der Waals surface area contributed by atoms with Crippen LogP contribution in [0.25, 0.3) is 0 Å². The van der Waals surface area contributed by atoms with Gasteiger partial charge in [0.15, 0.2) is 0 Å². The molecular formula is C25H30FeN2O4. The van der Waals surface area contributed by atoms with Crippen LogP contribution in [0, 0.1) is 11.8 Å². The Kier molecular flexibility index (Phi) is 7.75. The Labute approximate surface area is 199 Å². The number of methoxy groups -OCH3 is 1. The Hall–Kier alpha value is -2.21. The molecule has 1 saturated carbocycles. The van der Waals surface area contributed by atoms with Crippen molar-refractivity contribution in [2.24, 2.45) is 11.8 Å². The maximum atomic E-state index is 13.3. The van der Waals surface area contributed by atoms with Gasteiger partial charge >= 0.3 is 23.0 Å². The van der Waals surface area contributed by atoms with Crippen LogP contribution >= 0.6 is 0 Å². The van der Waals surface area contributed by atoms with E-state index in [1.165, 1.54) is 12.0 Å². The largest absolute Gasteiger partial charge is 2.00 e. The van der Waals surface area contributed by atoms with Crippen molar-refractivity contribution in [3.63, 3.8) is 0 Å². The number of carbonyl (C=O) groups excluding carboxylic acids is 3. The van der Waals surface area contributed by atoms with Crippen molar-refractivity contribution in [2.45, 2.75) is 56.7 Å². The summed E-state index contributed by atoms with van der Waals surface area (Å²) in [6.07, 6.45) is 4.95. The monoisotopic (exact) mass is 478 g/mol. The third-order valence-corrected chi connectivity index (χ3v) is 6.97. The Morgan fingerprint density at radius 2 is 1.72 bits per heavy atom. The normalized spacial score (nSPS) is 29.7. The summed E-state index contributed by atoms with van der Waals surface area (Å²) in [5.74, 6) is -2.13. The van der Waals surface area contributed by atoms with E-state index >= 15 is 0 Å². The summed E-state index contributed by atoms with van der Waals surface area (Å²) in [7, 11) is 1.32. The number of nitrogens with zero attached hydrogens (tertiary/aromatic N) is 1. The van der Waals surface area contributed by atoms with Gasteiger partial charge in [0.2, 0.25) is 11.8 Å². The Bertz CT molecular complexity index is 887. The number of hydrogen-bond acceptors (Lipinski definition) is 5. The zero-order valence-corrected chi connectivity index (χ0v) is 19.6. The van der Waals surface area contributed by atoms with E-state index in [2.05, 4.69) is 5.32 Å². The van der Waals surface area contributed by atoms with Gasteiger partial charge in [-0.15, -0.1) is 5.56 Å². The van der Waals surface area contributed by atoms with Gasteiger partial charge in [-0.05, 0) is 19.8 Å². The topological polar surface area (TPSA) is 75.7 Å². The molecule has 2 saturated heterocycles. The second-order valence-corrected chi connectivity index (χ2v) is 8.84. The van der Waals surface area contributed by atoms with Gasteiger partial charge in [0.1, 0.15) is 5.54 Å². The fourth-order valence-corrected chi connectivity index (χ4v) is 5.46. The number of likely N-dealkylation sites (tertiary alicyclic amines) is 1. The van der Waals surface area contributed by atoms with Crippen LogP contribution in [-0.2, 0) is 36.2 Å². The summed E-state index contributed by atoms with van der Waals surface area (Å²) in [4.78, 5) is 40.7. The standard InChI is InChI=1S/C20H25N2O4.C5H5.Fe/c1-20(19(25)26-2)15-14(16(21-20)12-8-6-7-9-12)17(23)22(18(15)24)13-10-4-3-5-11-13;1-2-4-5-3-1;/h6-9,13-16,21H,3-5,10-11H2,1-2H3;1-5H;/q2*-1;+2. The molecule has 0 aromatic heterocycles. The fourth-order valence-electron chi connectivity index (χ4n) is 5.46. The van der Waals surface area contributed by atoms with E-state index in [0.29, 0.717) is 0 Å². The summed E-state index contributed by atoms with van der Waals surface area (Å²) < 4.78 is 4.99. The molecule has 3 aliphatic rings. The molecule has 7 heteroatoms. The number of hydrogen-bond donors (Lipinski definition) is 1. The molecule has 2 aliphatic heterocycles. The Morgan fingerprint density at radius 1 is 1.09 bits per heavy atom. The maximum Gasteiger partial charge on any atom is 2.00 e. The molecule has 6 nitrogen and oxygen atoms in total. The van der Waals surface area contributed by atoms with Crippen molar-refractivity contribution in [1.82, 2.24) is 10.2 Å². The smallest absolute Gasteiger partial charge is 0.468 e. The molecule has 32 heavy (non-hydrogen) atoms. The average molecular weight is 478 g/mol. The van der Waals surface area contributed by atoms with Crippen LogP contribution in [0.2, 0.25) is 0 Å². The van der Waals surface area contributed by atoms with Crippen LogP contribution in [-0.4, -0.2) is 41.4 Å². The molecule has 2 aromatic carbocycles. The molecule has 1 N–H and O–H groups in total. The van der Waals surface area contributed by atoms with Gasteiger partial charge in [0.25, 0.3) is 0 Å². The first-order valence-electron chi connectivity index (χ1n) is 11.1. The molecule has 2 amide bonds. The SMILES string of the molecule is COC(=O)C1(C)NC([c-]2cccc2)C2C(=O)N(C3CCCCC3)C(=O)C21.[Fe+2].c1cc[cH-]c1. The molecule has 172 valence electrons. The van der Waals surface area contributed by atoms with E-state index in [1.807, 2.05) is 54.6 Å². The molecule has 2 heterocycles. The third kappa shape index (κ3) is 4.21. The Balaban J connectivity index is 0.000000427. The van der Waals surface area contributed by atoms with E-state index < -0.39 is 23.3 Å². The van der Waals surface area contributed by atoms with Crippen molar-refractivity contribution in [1.29, 1.82) is 0 Å². The van der Waals surface area contributed by atoms with Gasteiger partial charge in [0, 0.05) is 12.1 Å². The molecule has 4 unspecified atom stereocenters. The fraction of sp³-hybridized carbons (Fsp3) is 0.480. The molecule has 0 spiro atoms. The minimum absolute atomic E-state index is 0. The van der Waals surface area contributed by atoms with Gasteiger partial charge in [-0.1, -0.05) is 19.3 Å². The van der Waals surface area contributed by atoms with Crippen molar-refractivity contribution in [2.75, 3.05) is 7.11 Å². The number of fused-ring (bicyclic) bond motifs is 1. The van der Waals surface area contributed by atoms with Crippen LogP contribution in [0.15, 0.2) is 54.6 Å². The van der Waals surface area contributed by atoms with E-state index in [-0.39, 0.29) is 41.0 Å². The maximum absolute atomic E-state index is 13.3. The molecule has 2 aromatic rings. The number of amides is 2. The zero-order chi connectivity index (χ0) is 22.0. The van der Waals surface area contributed by atoms with Crippen LogP contribution < -0.4 is 5.32 Å². The minimum atomic E-state index is -1.20. The van der Waals surface area contributed by atoms with E-state index in [1.54, 1.807) is 6.92 Å². The van der Waals surface area contributed by atoms with Crippen molar-refractivity contribution >= 4 is 17.8 Å². The summed E-state index contributed by atoms with van der Waals surface area (Å²) in [6.45, 7) is 1.69. The molecular weight excluding hydrogens is 448 g/mol. The number of ether oxygens (including phenoxy) is 1. The number of rotatable bonds is 3. The second kappa shape index (κ2) is 10.2. The van der Waals surface area contributed by atoms with E-state index in [9.17, 15) is 14.4 Å². The molecule has 1 aliphatic carbocycles. The quantitative estimate of drug-likeness (QED) is 0.317. The van der Waals surface area contributed by atoms with Gasteiger partial charge in [0.05, 0.1) is 18.9 Å². The van der Waals surface area contributed by atoms with Gasteiger partial charge < -0.3 is 10.1 Å². The molecule has 0 radical (unpaired) electrons. The van der Waals surface area contributed by atoms with E-state index in [0.717, 1.165) is 37.7 Å². The third-order valence-electron chi connectivity index (χ3n) is 6.97. The van der Waals surface area contributed by atoms with Gasteiger partial charge in [-0.2, -0.15) is 30.3 Å². The van der Waals surface area contributed by atoms with Gasteiger partial charge in [-0.25, -0.2) is 24.3 Å². The summed E-state index contributed by atoms with van der Waals surface area (Å²) in [5, 5.41) is 3.26. The first kappa shape index (κ1) is 24.4. The average Bonchev–Trinajstić information content (AvgIpc) is 3.58. The van der Waals surface area contributed by atoms with Gasteiger partial charge in [-0.3, -0.25) is 19.3 Å². The zero-order valence-electron chi connectivity index (χ0n) is 18.5. The van der Waals surface area contributed by atoms with Crippen molar-refractivity contribution in [3.8, 4) is 0 Å². The first-order chi connectivity index (χ1) is 15.0. The minimum Gasteiger partial charge on any atom is -0.468 e. The first-order valence-corrected chi connectivity index (χ1v) is 11.1. The number of esters is 1. The molecule has 3 fully saturated rings. The predicted octanol–water partition coefficient (Wildman–Crippen LogP) is 3.32. The molecule has 5 rings (SSSR count). The van der Waals surface area contributed by atoms with Crippen molar-refractivity contribution in [3.05, 3.63) is 60.2 Å². The molecule has 4 atom stereocenters. The summed E-state index contributed by atoms with van der Waals surface area (Å²) in [6, 6.07) is 17.3. The number of imide groups is 1. The second-order valence-electron chi connectivity index (χ2n) is 8.84. The summed E-state index contributed by atoms with van der Waals surface area (Å²) >= 11 is 0. The predicted molar refractivity (Wildman–Crippen MR) is 116 cm³/mol. The Morgan fingerprint density at radius 3 is 2.25 bits per heavy atom. The molecule has 0 bridgehead atoms. The van der Waals surface area contributed by atoms with E-state index in [4.69, 9.17) is 4.74 Å². The van der Waals surface area contributed by atoms with Crippen LogP contribution in [0.5, 0.6) is 0 Å². The van der Waals surface area contributed by atoms with Crippen LogP contribution in [0.1, 0.15) is 50.6 Å². The van der Waals surface area contributed by atoms with Crippen molar-refractivity contribution < 1.29 is 36.2 Å².